The van der Waals surface area contributed by atoms with Crippen LogP contribution in [0.5, 0.6) is 0 Å². The Morgan fingerprint density at radius 2 is 0.824 bits per heavy atom. The van der Waals surface area contributed by atoms with Gasteiger partial charge in [-0.3, -0.25) is 29.0 Å². The van der Waals surface area contributed by atoms with Crippen LogP contribution in [0.3, 0.4) is 0 Å². The molecule has 0 N–H and O–H groups in total. The van der Waals surface area contributed by atoms with E-state index in [0.29, 0.717) is 0 Å². The van der Waals surface area contributed by atoms with Crippen molar-refractivity contribution in [3.8, 4) is 0 Å². The molecule has 0 saturated heterocycles. The molecule has 6 nitrogen and oxygen atoms in total. The van der Waals surface area contributed by atoms with Crippen LogP contribution in [0.1, 0.15) is 27.7 Å². The van der Waals surface area contributed by atoms with Crippen molar-refractivity contribution in [2.75, 3.05) is 13.1 Å². The summed E-state index contributed by atoms with van der Waals surface area (Å²) in [5.74, 6) is -1.61. The standard InChI is InChI=1S/C10H16N2O4.Na/c1-7(13)11(8(2)14)5-6-12(9(3)15)10(4)16;/h5-6H2,1-4H3;. The third kappa shape index (κ3) is 6.55. The maximum Gasteiger partial charge on any atom is 0.226 e. The molecule has 91 valence electrons. The zero-order valence-corrected chi connectivity index (χ0v) is 12.9. The Morgan fingerprint density at radius 3 is 0.941 bits per heavy atom. The normalized spacial score (nSPS) is 8.94. The van der Waals surface area contributed by atoms with Crippen molar-refractivity contribution in [3.05, 3.63) is 0 Å². The predicted molar refractivity (Wildman–Crippen MR) is 61.9 cm³/mol. The summed E-state index contributed by atoms with van der Waals surface area (Å²) in [5.41, 5.74) is 0. The van der Waals surface area contributed by atoms with E-state index in [2.05, 4.69) is 0 Å². The Morgan fingerprint density at radius 1 is 0.647 bits per heavy atom. The monoisotopic (exact) mass is 251 g/mol. The van der Waals surface area contributed by atoms with Crippen molar-refractivity contribution < 1.29 is 19.2 Å². The van der Waals surface area contributed by atoms with Gasteiger partial charge < -0.3 is 0 Å². The summed E-state index contributed by atoms with van der Waals surface area (Å²) < 4.78 is 0. The summed E-state index contributed by atoms with van der Waals surface area (Å²) in [6.07, 6.45) is 0. The van der Waals surface area contributed by atoms with E-state index < -0.39 is 23.6 Å². The summed E-state index contributed by atoms with van der Waals surface area (Å²) >= 11 is 0. The van der Waals surface area contributed by atoms with E-state index in [-0.39, 0.29) is 42.6 Å². The van der Waals surface area contributed by atoms with Crippen molar-refractivity contribution in [1.82, 2.24) is 9.80 Å². The van der Waals surface area contributed by atoms with Crippen LogP contribution >= 0.6 is 0 Å². The fraction of sp³-hybridized carbons (Fsp3) is 0.600. The fourth-order valence-corrected chi connectivity index (χ4v) is 1.27. The van der Waals surface area contributed by atoms with Crippen molar-refractivity contribution in [2.24, 2.45) is 0 Å². The second-order valence-electron chi connectivity index (χ2n) is 3.38. The summed E-state index contributed by atoms with van der Waals surface area (Å²) in [6.45, 7) is 5.09. The molecule has 7 heteroatoms. The molecule has 0 aromatic carbocycles. The minimum absolute atomic E-state index is 0. The summed E-state index contributed by atoms with van der Waals surface area (Å²) in [5, 5.41) is 0. The van der Waals surface area contributed by atoms with Gasteiger partial charge >= 0.3 is 0 Å². The fourth-order valence-electron chi connectivity index (χ4n) is 1.27. The topological polar surface area (TPSA) is 74.8 Å². The van der Waals surface area contributed by atoms with E-state index in [1.807, 2.05) is 0 Å². The molecule has 0 fully saturated rings. The molecule has 0 unspecified atom stereocenters. The Hall–Kier alpha value is -0.720. The maximum atomic E-state index is 11.1. The first-order valence-corrected chi connectivity index (χ1v) is 4.84. The smallest absolute Gasteiger partial charge is 0.226 e. The molecule has 4 amide bonds. The molecule has 0 aliphatic heterocycles. The molecule has 0 heterocycles. The number of nitrogens with zero attached hydrogens (tertiary/aromatic N) is 2. The van der Waals surface area contributed by atoms with Gasteiger partial charge in [0.25, 0.3) is 0 Å². The zero-order chi connectivity index (χ0) is 12.9. The van der Waals surface area contributed by atoms with Crippen LogP contribution < -0.4 is 0 Å². The van der Waals surface area contributed by atoms with Gasteiger partial charge in [-0.25, -0.2) is 0 Å². The van der Waals surface area contributed by atoms with Crippen molar-refractivity contribution in [2.45, 2.75) is 27.7 Å². The quantitative estimate of drug-likeness (QED) is 0.627. The zero-order valence-electron chi connectivity index (χ0n) is 10.9. The number of rotatable bonds is 3. The van der Waals surface area contributed by atoms with Gasteiger partial charge in [0.15, 0.2) is 0 Å². The SMILES string of the molecule is CC(=O)N(CCN(C(C)=O)C(C)=O)C(C)=O.[Na]. The summed E-state index contributed by atoms with van der Waals surface area (Å²) in [7, 11) is 0. The molecule has 0 rings (SSSR count). The van der Waals surface area contributed by atoms with Gasteiger partial charge in [0.05, 0.1) is 0 Å². The van der Waals surface area contributed by atoms with E-state index in [9.17, 15) is 19.2 Å². The third-order valence-corrected chi connectivity index (χ3v) is 2.07. The number of hydrogen-bond donors (Lipinski definition) is 0. The summed E-state index contributed by atoms with van der Waals surface area (Å²) in [4.78, 5) is 46.2. The molecule has 0 bridgehead atoms. The molecule has 0 atom stereocenters. The van der Waals surface area contributed by atoms with Crippen LogP contribution in [0.4, 0.5) is 0 Å². The average molecular weight is 251 g/mol. The Kier molecular flexibility index (Phi) is 9.19. The van der Waals surface area contributed by atoms with Gasteiger partial charge in [-0.2, -0.15) is 0 Å². The first-order valence-electron chi connectivity index (χ1n) is 4.84. The molecule has 0 aliphatic carbocycles. The van der Waals surface area contributed by atoms with E-state index in [1.54, 1.807) is 0 Å². The molecular weight excluding hydrogens is 235 g/mol. The van der Waals surface area contributed by atoms with Crippen molar-refractivity contribution >= 4 is 53.2 Å². The number of hydrogen-bond acceptors (Lipinski definition) is 4. The number of carbonyl (C=O) groups is 4. The van der Waals surface area contributed by atoms with Crippen LogP contribution in [-0.4, -0.2) is 76.1 Å². The Balaban J connectivity index is 0. The second-order valence-corrected chi connectivity index (χ2v) is 3.38. The van der Waals surface area contributed by atoms with E-state index in [4.69, 9.17) is 0 Å². The molecule has 0 aromatic heterocycles. The molecule has 0 aliphatic rings. The number of carbonyl (C=O) groups excluding carboxylic acids is 4. The van der Waals surface area contributed by atoms with Gasteiger partial charge in [-0.1, -0.05) is 0 Å². The third-order valence-electron chi connectivity index (χ3n) is 2.07. The van der Waals surface area contributed by atoms with E-state index >= 15 is 0 Å². The molecule has 0 spiro atoms. The average Bonchev–Trinajstić information content (AvgIpc) is 2.09. The van der Waals surface area contributed by atoms with Crippen LogP contribution in [0.15, 0.2) is 0 Å². The molecule has 17 heavy (non-hydrogen) atoms. The van der Waals surface area contributed by atoms with Crippen LogP contribution in [0.2, 0.25) is 0 Å². The minimum atomic E-state index is -0.403. The predicted octanol–water partition coefficient (Wildman–Crippen LogP) is -0.604. The van der Waals surface area contributed by atoms with Crippen LogP contribution in [0.25, 0.3) is 0 Å². The van der Waals surface area contributed by atoms with Crippen molar-refractivity contribution in [3.63, 3.8) is 0 Å². The number of amides is 4. The second kappa shape index (κ2) is 8.38. The molecule has 1 radical (unpaired) electrons. The van der Waals surface area contributed by atoms with Gasteiger partial charge in [-0.05, 0) is 0 Å². The maximum absolute atomic E-state index is 11.1. The van der Waals surface area contributed by atoms with E-state index in [0.717, 1.165) is 9.80 Å². The van der Waals surface area contributed by atoms with Gasteiger partial charge in [-0.15, -0.1) is 0 Å². The summed E-state index contributed by atoms with van der Waals surface area (Å²) in [6, 6.07) is 0. The van der Waals surface area contributed by atoms with E-state index in [1.165, 1.54) is 27.7 Å². The Bertz CT molecular complexity index is 270. The first kappa shape index (κ1) is 18.6. The minimum Gasteiger partial charge on any atom is -0.281 e. The Labute approximate surface area is 123 Å². The van der Waals surface area contributed by atoms with Crippen LogP contribution in [-0.2, 0) is 19.2 Å². The number of imide groups is 2. The molecule has 0 aromatic rings. The largest absolute Gasteiger partial charge is 0.281 e. The molecular formula is C10H16N2NaO4. The van der Waals surface area contributed by atoms with Gasteiger partial charge in [0.1, 0.15) is 0 Å². The first-order chi connectivity index (χ1) is 7.27. The van der Waals surface area contributed by atoms with Gasteiger partial charge in [0, 0.05) is 70.3 Å². The van der Waals surface area contributed by atoms with Gasteiger partial charge in [0.2, 0.25) is 23.6 Å². The van der Waals surface area contributed by atoms with Crippen LogP contribution in [0, 0.1) is 0 Å². The molecule has 0 saturated carbocycles. The van der Waals surface area contributed by atoms with Crippen molar-refractivity contribution in [1.29, 1.82) is 0 Å².